The van der Waals surface area contributed by atoms with Gasteiger partial charge >= 0.3 is 6.03 Å². The van der Waals surface area contributed by atoms with Gasteiger partial charge in [-0.15, -0.1) is 0 Å². The molecule has 7 heteroatoms. The molecule has 1 aromatic heterocycles. The number of urea groups is 1. The number of amides is 3. The molecule has 3 amide bonds. The molecule has 1 heterocycles. The van der Waals surface area contributed by atoms with Gasteiger partial charge in [0.15, 0.2) is 6.54 Å². The van der Waals surface area contributed by atoms with E-state index in [0.717, 1.165) is 23.3 Å². The Kier molecular flexibility index (Phi) is 5.45. The zero-order valence-electron chi connectivity index (χ0n) is 13.8. The van der Waals surface area contributed by atoms with Gasteiger partial charge in [-0.25, -0.2) is 9.18 Å². The Morgan fingerprint density at radius 3 is 2.60 bits per heavy atom. The van der Waals surface area contributed by atoms with Crippen molar-refractivity contribution in [2.24, 2.45) is 0 Å². The lowest BCUT2D eigenvalue weighted by atomic mass is 10.2. The normalized spacial score (nSPS) is 14.8. The fourth-order valence-electron chi connectivity index (χ4n) is 2.71. The maximum atomic E-state index is 13.0. The predicted octanol–water partition coefficient (Wildman–Crippen LogP) is 0.992. The van der Waals surface area contributed by atoms with Gasteiger partial charge in [-0.1, -0.05) is 12.1 Å². The van der Waals surface area contributed by atoms with Gasteiger partial charge in [0.2, 0.25) is 0 Å². The SMILES string of the molecule is O=C(C[NH+](Cc1ccc(F)cc1)C1CC1)NC(=O)NCc1ccco1. The van der Waals surface area contributed by atoms with Gasteiger partial charge < -0.3 is 14.6 Å². The molecule has 1 unspecified atom stereocenters. The van der Waals surface area contributed by atoms with Crippen LogP contribution in [0.5, 0.6) is 0 Å². The molecule has 0 saturated heterocycles. The molecule has 1 atom stereocenters. The molecule has 1 aromatic carbocycles. The van der Waals surface area contributed by atoms with Crippen LogP contribution < -0.4 is 15.5 Å². The summed E-state index contributed by atoms with van der Waals surface area (Å²) in [6.45, 7) is 1.06. The molecule has 0 aliphatic heterocycles. The first kappa shape index (κ1) is 17.2. The van der Waals surface area contributed by atoms with Crippen molar-refractivity contribution in [2.45, 2.75) is 32.0 Å². The average Bonchev–Trinajstić information content (AvgIpc) is 3.30. The third-order valence-electron chi connectivity index (χ3n) is 4.14. The molecule has 3 N–H and O–H groups in total. The molecule has 2 aromatic rings. The highest BCUT2D eigenvalue weighted by Crippen LogP contribution is 2.15. The molecule has 6 nitrogen and oxygen atoms in total. The number of nitrogens with one attached hydrogen (secondary N) is 3. The zero-order chi connectivity index (χ0) is 17.6. The number of imide groups is 1. The van der Waals surface area contributed by atoms with E-state index in [-0.39, 0.29) is 24.8 Å². The first-order chi connectivity index (χ1) is 12.1. The number of quaternary nitrogens is 1. The number of hydrogen-bond donors (Lipinski definition) is 3. The second-order valence-electron chi connectivity index (χ2n) is 6.22. The van der Waals surface area contributed by atoms with Gasteiger partial charge in [-0.05, 0) is 24.3 Å². The Morgan fingerprint density at radius 1 is 1.20 bits per heavy atom. The highest BCUT2D eigenvalue weighted by molar-refractivity contribution is 5.94. The lowest BCUT2D eigenvalue weighted by molar-refractivity contribution is -0.917. The van der Waals surface area contributed by atoms with Crippen LogP contribution in [0.4, 0.5) is 9.18 Å². The Balaban J connectivity index is 1.47. The summed E-state index contributed by atoms with van der Waals surface area (Å²) in [5.41, 5.74) is 0.971. The minimum atomic E-state index is -0.543. The Labute approximate surface area is 145 Å². The standard InChI is InChI=1S/C18H20FN3O3/c19-14-5-3-13(4-6-14)11-22(15-7-8-15)12-17(23)21-18(24)20-10-16-2-1-9-25-16/h1-6,9,15H,7-8,10-12H2,(H2,20,21,23,24)/p+1. The van der Waals surface area contributed by atoms with E-state index in [9.17, 15) is 14.0 Å². The van der Waals surface area contributed by atoms with Crippen molar-refractivity contribution >= 4 is 11.9 Å². The summed E-state index contributed by atoms with van der Waals surface area (Å²) in [5.74, 6) is 0.00721. The molecule has 25 heavy (non-hydrogen) atoms. The van der Waals surface area contributed by atoms with E-state index in [1.807, 2.05) is 0 Å². The van der Waals surface area contributed by atoms with Gasteiger partial charge in [-0.3, -0.25) is 10.1 Å². The van der Waals surface area contributed by atoms with Crippen molar-refractivity contribution in [3.63, 3.8) is 0 Å². The number of hydrogen-bond acceptors (Lipinski definition) is 3. The van der Waals surface area contributed by atoms with E-state index in [1.165, 1.54) is 18.4 Å². The summed E-state index contributed by atoms with van der Waals surface area (Å²) in [4.78, 5) is 25.0. The molecule has 0 radical (unpaired) electrons. The minimum Gasteiger partial charge on any atom is -0.467 e. The molecule has 3 rings (SSSR count). The molecular weight excluding hydrogens is 325 g/mol. The lowest BCUT2D eigenvalue weighted by Gasteiger charge is -2.18. The van der Waals surface area contributed by atoms with Crippen molar-refractivity contribution in [3.8, 4) is 0 Å². The first-order valence-electron chi connectivity index (χ1n) is 8.29. The van der Waals surface area contributed by atoms with E-state index in [4.69, 9.17) is 4.42 Å². The average molecular weight is 346 g/mol. The fourth-order valence-corrected chi connectivity index (χ4v) is 2.71. The fraction of sp³-hybridized carbons (Fsp3) is 0.333. The van der Waals surface area contributed by atoms with Crippen LogP contribution in [0.25, 0.3) is 0 Å². The van der Waals surface area contributed by atoms with Crippen LogP contribution in [-0.2, 0) is 17.9 Å². The molecule has 0 bridgehead atoms. The van der Waals surface area contributed by atoms with Crippen molar-refractivity contribution < 1.29 is 23.3 Å². The van der Waals surface area contributed by atoms with Crippen LogP contribution in [0.1, 0.15) is 24.2 Å². The van der Waals surface area contributed by atoms with Gasteiger partial charge in [0.05, 0.1) is 18.8 Å². The highest BCUT2D eigenvalue weighted by Gasteiger charge is 2.34. The topological polar surface area (TPSA) is 75.8 Å². The minimum absolute atomic E-state index is 0.205. The second-order valence-corrected chi connectivity index (χ2v) is 6.22. The molecule has 132 valence electrons. The highest BCUT2D eigenvalue weighted by atomic mass is 19.1. The zero-order valence-corrected chi connectivity index (χ0v) is 13.8. The number of benzene rings is 1. The van der Waals surface area contributed by atoms with Crippen LogP contribution in [0.15, 0.2) is 47.1 Å². The van der Waals surface area contributed by atoms with Gasteiger partial charge in [0.25, 0.3) is 5.91 Å². The summed E-state index contributed by atoms with van der Waals surface area (Å²) < 4.78 is 18.1. The number of rotatable bonds is 7. The van der Waals surface area contributed by atoms with Gasteiger partial charge in [0.1, 0.15) is 18.1 Å². The van der Waals surface area contributed by atoms with Crippen LogP contribution in [0.3, 0.4) is 0 Å². The smallest absolute Gasteiger partial charge is 0.321 e. The summed E-state index contributed by atoms with van der Waals surface area (Å²) in [7, 11) is 0. The van der Waals surface area contributed by atoms with E-state index in [2.05, 4.69) is 10.6 Å². The maximum absolute atomic E-state index is 13.0. The Morgan fingerprint density at radius 2 is 1.96 bits per heavy atom. The lowest BCUT2D eigenvalue weighted by Crippen LogP contribution is -3.13. The monoisotopic (exact) mass is 346 g/mol. The van der Waals surface area contributed by atoms with Gasteiger partial charge in [-0.2, -0.15) is 0 Å². The first-order valence-corrected chi connectivity index (χ1v) is 8.29. The Hall–Kier alpha value is -2.67. The van der Waals surface area contributed by atoms with E-state index in [0.29, 0.717) is 18.3 Å². The van der Waals surface area contributed by atoms with E-state index >= 15 is 0 Å². The van der Waals surface area contributed by atoms with Crippen molar-refractivity contribution in [2.75, 3.05) is 6.54 Å². The molecular formula is C18H21FN3O3+. The van der Waals surface area contributed by atoms with Crippen LogP contribution in [0.2, 0.25) is 0 Å². The third-order valence-corrected chi connectivity index (χ3v) is 4.14. The van der Waals surface area contributed by atoms with E-state index in [1.54, 1.807) is 24.3 Å². The molecule has 1 aliphatic rings. The number of carbonyl (C=O) groups is 2. The summed E-state index contributed by atoms with van der Waals surface area (Å²) in [6, 6.07) is 9.64. The third kappa shape index (κ3) is 5.42. The van der Waals surface area contributed by atoms with Crippen LogP contribution >= 0.6 is 0 Å². The summed E-state index contributed by atoms with van der Waals surface area (Å²) in [5, 5.41) is 4.91. The molecule has 1 fully saturated rings. The van der Waals surface area contributed by atoms with Crippen molar-refractivity contribution in [3.05, 3.63) is 59.8 Å². The van der Waals surface area contributed by atoms with Gasteiger partial charge in [0, 0.05) is 18.4 Å². The molecule has 0 spiro atoms. The summed E-state index contributed by atoms with van der Waals surface area (Å²) >= 11 is 0. The number of halogens is 1. The molecule has 1 saturated carbocycles. The number of carbonyl (C=O) groups excluding carboxylic acids is 2. The quantitative estimate of drug-likeness (QED) is 0.700. The van der Waals surface area contributed by atoms with E-state index < -0.39 is 6.03 Å². The maximum Gasteiger partial charge on any atom is 0.321 e. The predicted molar refractivity (Wildman–Crippen MR) is 88.0 cm³/mol. The van der Waals surface area contributed by atoms with Crippen LogP contribution in [-0.4, -0.2) is 24.5 Å². The summed E-state index contributed by atoms with van der Waals surface area (Å²) in [6.07, 6.45) is 3.65. The van der Waals surface area contributed by atoms with Crippen molar-refractivity contribution in [1.82, 2.24) is 10.6 Å². The second kappa shape index (κ2) is 7.94. The number of furan rings is 1. The Bertz CT molecular complexity index is 712. The van der Waals surface area contributed by atoms with Crippen LogP contribution in [0, 0.1) is 5.82 Å². The van der Waals surface area contributed by atoms with Crippen molar-refractivity contribution in [1.29, 1.82) is 0 Å². The molecule has 1 aliphatic carbocycles. The largest absolute Gasteiger partial charge is 0.467 e.